The summed E-state index contributed by atoms with van der Waals surface area (Å²) in [6.45, 7) is 0. The molecule has 2 aliphatic rings. The van der Waals surface area contributed by atoms with Crippen LogP contribution in [0.2, 0.25) is 0 Å². The lowest BCUT2D eigenvalue weighted by Crippen LogP contribution is -2.41. The van der Waals surface area contributed by atoms with Crippen molar-refractivity contribution in [3.8, 4) is 0 Å². The zero-order valence-corrected chi connectivity index (χ0v) is 15.7. The summed E-state index contributed by atoms with van der Waals surface area (Å²) in [6.07, 6.45) is 7.32. The Bertz CT molecular complexity index is 857. The molecule has 0 unspecified atom stereocenters. The molecule has 0 heterocycles. The molecule has 0 bridgehead atoms. The van der Waals surface area contributed by atoms with Crippen molar-refractivity contribution in [3.63, 3.8) is 0 Å². The lowest BCUT2D eigenvalue weighted by atomic mass is 9.81. The van der Waals surface area contributed by atoms with Crippen molar-refractivity contribution < 1.29 is 9.59 Å². The van der Waals surface area contributed by atoms with Gasteiger partial charge in [-0.1, -0.05) is 30.4 Å². The minimum Gasteiger partial charge on any atom is -0.356 e. The van der Waals surface area contributed by atoms with Crippen LogP contribution in [0.25, 0.3) is 0 Å². The van der Waals surface area contributed by atoms with Gasteiger partial charge < -0.3 is 16.0 Å². The second-order valence-corrected chi connectivity index (χ2v) is 7.50. The maximum atomic E-state index is 12.8. The van der Waals surface area contributed by atoms with Crippen molar-refractivity contribution in [2.75, 3.05) is 10.6 Å². The summed E-state index contributed by atoms with van der Waals surface area (Å²) in [4.78, 5) is 25.3. The summed E-state index contributed by atoms with van der Waals surface area (Å²) in [6, 6.07) is 17.9. The average molecular weight is 375 g/mol. The van der Waals surface area contributed by atoms with E-state index in [2.05, 4.69) is 16.0 Å². The first-order valence-electron chi connectivity index (χ1n) is 9.87. The van der Waals surface area contributed by atoms with Crippen LogP contribution in [0.1, 0.15) is 25.7 Å². The Hall–Kier alpha value is -3.08. The van der Waals surface area contributed by atoms with E-state index in [1.165, 1.54) is 0 Å². The molecule has 4 rings (SSSR count). The van der Waals surface area contributed by atoms with E-state index in [-0.39, 0.29) is 23.7 Å². The van der Waals surface area contributed by atoms with Gasteiger partial charge >= 0.3 is 0 Å². The van der Waals surface area contributed by atoms with Crippen LogP contribution in [-0.4, -0.2) is 17.9 Å². The second-order valence-electron chi connectivity index (χ2n) is 7.50. The SMILES string of the molecule is O=C(Nc1ccc(Nc2ccccc2)cc1)[C@H]1CC=CC[C@H]1C(=O)NC1CC1. The number of carbonyl (C=O) groups is 2. The van der Waals surface area contributed by atoms with Crippen LogP contribution < -0.4 is 16.0 Å². The van der Waals surface area contributed by atoms with Gasteiger partial charge in [0.1, 0.15) is 0 Å². The van der Waals surface area contributed by atoms with Crippen molar-refractivity contribution in [1.29, 1.82) is 0 Å². The van der Waals surface area contributed by atoms with Crippen molar-refractivity contribution in [3.05, 3.63) is 66.7 Å². The monoisotopic (exact) mass is 375 g/mol. The van der Waals surface area contributed by atoms with Crippen molar-refractivity contribution in [2.24, 2.45) is 11.8 Å². The molecule has 1 fully saturated rings. The molecule has 3 N–H and O–H groups in total. The smallest absolute Gasteiger partial charge is 0.228 e. The van der Waals surface area contributed by atoms with Gasteiger partial charge in [0, 0.05) is 23.1 Å². The average Bonchev–Trinajstić information content (AvgIpc) is 3.54. The fourth-order valence-corrected chi connectivity index (χ4v) is 3.49. The summed E-state index contributed by atoms with van der Waals surface area (Å²) in [5, 5.41) is 9.34. The number of hydrogen-bond acceptors (Lipinski definition) is 3. The lowest BCUT2D eigenvalue weighted by Gasteiger charge is -2.26. The van der Waals surface area contributed by atoms with Gasteiger partial charge in [0.15, 0.2) is 0 Å². The van der Waals surface area contributed by atoms with Crippen molar-refractivity contribution in [2.45, 2.75) is 31.7 Å². The maximum absolute atomic E-state index is 12.8. The van der Waals surface area contributed by atoms with E-state index in [4.69, 9.17) is 0 Å². The summed E-state index contributed by atoms with van der Waals surface area (Å²) >= 11 is 0. The van der Waals surface area contributed by atoms with Crippen molar-refractivity contribution in [1.82, 2.24) is 5.32 Å². The molecule has 0 radical (unpaired) electrons. The number of allylic oxidation sites excluding steroid dienone is 2. The number of para-hydroxylation sites is 1. The maximum Gasteiger partial charge on any atom is 0.228 e. The van der Waals surface area contributed by atoms with Gasteiger partial charge in [0.05, 0.1) is 11.8 Å². The molecule has 28 heavy (non-hydrogen) atoms. The molecule has 2 amide bonds. The Balaban J connectivity index is 1.37. The zero-order valence-electron chi connectivity index (χ0n) is 15.7. The molecule has 0 aromatic heterocycles. The van der Waals surface area contributed by atoms with Crippen LogP contribution in [0.4, 0.5) is 17.1 Å². The Morgan fingerprint density at radius 2 is 1.29 bits per heavy atom. The van der Waals surface area contributed by atoms with Gasteiger partial charge in [-0.05, 0) is 62.1 Å². The first kappa shape index (κ1) is 18.3. The molecule has 0 aliphatic heterocycles. The molecule has 2 aromatic rings. The van der Waals surface area contributed by atoms with Gasteiger partial charge in [-0.3, -0.25) is 9.59 Å². The summed E-state index contributed by atoms with van der Waals surface area (Å²) < 4.78 is 0. The lowest BCUT2D eigenvalue weighted by molar-refractivity contribution is -0.132. The number of amides is 2. The van der Waals surface area contributed by atoms with Gasteiger partial charge in [-0.25, -0.2) is 0 Å². The Kier molecular flexibility index (Phi) is 5.42. The first-order chi connectivity index (χ1) is 13.7. The minimum absolute atomic E-state index is 0.00871. The number of hydrogen-bond donors (Lipinski definition) is 3. The summed E-state index contributed by atoms with van der Waals surface area (Å²) in [7, 11) is 0. The molecule has 5 heteroatoms. The van der Waals surface area contributed by atoms with Crippen LogP contribution in [-0.2, 0) is 9.59 Å². The summed E-state index contributed by atoms with van der Waals surface area (Å²) in [5.41, 5.74) is 2.70. The van der Waals surface area contributed by atoms with E-state index in [0.29, 0.717) is 18.9 Å². The Labute approximate surface area is 165 Å². The van der Waals surface area contributed by atoms with Crippen molar-refractivity contribution >= 4 is 28.9 Å². The largest absolute Gasteiger partial charge is 0.356 e. The number of benzene rings is 2. The van der Waals surface area contributed by atoms with Crippen LogP contribution >= 0.6 is 0 Å². The van der Waals surface area contributed by atoms with Gasteiger partial charge in [-0.2, -0.15) is 0 Å². The third kappa shape index (κ3) is 4.60. The van der Waals surface area contributed by atoms with Gasteiger partial charge in [0.2, 0.25) is 11.8 Å². The van der Waals surface area contributed by atoms with Gasteiger partial charge in [0.25, 0.3) is 0 Å². The molecule has 2 aliphatic carbocycles. The highest BCUT2D eigenvalue weighted by Crippen LogP contribution is 2.29. The predicted molar refractivity (Wildman–Crippen MR) is 111 cm³/mol. The van der Waals surface area contributed by atoms with E-state index >= 15 is 0 Å². The number of nitrogens with one attached hydrogen (secondary N) is 3. The van der Waals surface area contributed by atoms with E-state index in [1.54, 1.807) is 0 Å². The predicted octanol–water partition coefficient (Wildman–Crippen LogP) is 4.23. The Morgan fingerprint density at radius 3 is 1.93 bits per heavy atom. The normalized spacial score (nSPS) is 21.0. The fourth-order valence-electron chi connectivity index (χ4n) is 3.49. The van der Waals surface area contributed by atoms with E-state index < -0.39 is 0 Å². The van der Waals surface area contributed by atoms with E-state index in [0.717, 1.165) is 29.9 Å². The second kappa shape index (κ2) is 8.30. The van der Waals surface area contributed by atoms with Crippen LogP contribution in [0.5, 0.6) is 0 Å². The zero-order chi connectivity index (χ0) is 19.3. The molecule has 0 spiro atoms. The molecule has 2 atom stereocenters. The number of anilines is 3. The minimum atomic E-state index is -0.328. The number of carbonyl (C=O) groups excluding carboxylic acids is 2. The molecule has 144 valence electrons. The Morgan fingerprint density at radius 1 is 0.714 bits per heavy atom. The first-order valence-corrected chi connectivity index (χ1v) is 9.87. The van der Waals surface area contributed by atoms with E-state index in [1.807, 2.05) is 66.7 Å². The fraction of sp³-hybridized carbons (Fsp3) is 0.304. The third-order valence-corrected chi connectivity index (χ3v) is 5.24. The third-order valence-electron chi connectivity index (χ3n) is 5.24. The molecule has 1 saturated carbocycles. The molecule has 5 nitrogen and oxygen atoms in total. The van der Waals surface area contributed by atoms with Gasteiger partial charge in [-0.15, -0.1) is 0 Å². The van der Waals surface area contributed by atoms with Crippen LogP contribution in [0.15, 0.2) is 66.7 Å². The van der Waals surface area contributed by atoms with E-state index in [9.17, 15) is 9.59 Å². The molecule has 2 aromatic carbocycles. The highest BCUT2D eigenvalue weighted by atomic mass is 16.2. The molecular formula is C23H25N3O2. The van der Waals surface area contributed by atoms with Crippen LogP contribution in [0.3, 0.4) is 0 Å². The highest BCUT2D eigenvalue weighted by molar-refractivity contribution is 5.96. The quantitative estimate of drug-likeness (QED) is 0.662. The number of rotatable bonds is 6. The topological polar surface area (TPSA) is 70.2 Å². The highest BCUT2D eigenvalue weighted by Gasteiger charge is 2.36. The standard InChI is InChI=1S/C23H25N3O2/c27-22(20-8-4-5-9-21(20)23(28)26-19-14-15-19)25-18-12-10-17(11-13-18)24-16-6-2-1-3-7-16/h1-7,10-13,19-21,24H,8-9,14-15H2,(H,25,27)(H,26,28)/t20-,21+/m0/s1. The van der Waals surface area contributed by atoms with Crippen LogP contribution in [0, 0.1) is 11.8 Å². The summed E-state index contributed by atoms with van der Waals surface area (Å²) in [5.74, 6) is -0.700. The molecular weight excluding hydrogens is 350 g/mol. The molecule has 0 saturated heterocycles.